The van der Waals surface area contributed by atoms with Gasteiger partial charge in [0.1, 0.15) is 0 Å². The summed E-state index contributed by atoms with van der Waals surface area (Å²) in [7, 11) is 0. The maximum absolute atomic E-state index is 12.0. The van der Waals surface area contributed by atoms with Crippen LogP contribution in [0.5, 0.6) is 0 Å². The fourth-order valence-electron chi connectivity index (χ4n) is 2.60. The lowest BCUT2D eigenvalue weighted by Gasteiger charge is -2.15. The van der Waals surface area contributed by atoms with Gasteiger partial charge in [-0.3, -0.25) is 4.79 Å². The standard InChI is InChI=1S/C16H23NO2/c1-11(2)12-6-8-13(9-7-12)16(19)17-10-14-4-3-5-15(14)18/h6-9,11,14-15,18H,3-5,10H2,1-2H3,(H,17,19). The van der Waals surface area contributed by atoms with Crippen LogP contribution in [0.15, 0.2) is 24.3 Å². The molecule has 2 rings (SSSR count). The molecule has 1 aromatic carbocycles. The summed E-state index contributed by atoms with van der Waals surface area (Å²) in [5.41, 5.74) is 1.93. The number of benzene rings is 1. The van der Waals surface area contributed by atoms with Crippen LogP contribution in [0.3, 0.4) is 0 Å². The summed E-state index contributed by atoms with van der Waals surface area (Å²) in [4.78, 5) is 12.0. The van der Waals surface area contributed by atoms with Gasteiger partial charge >= 0.3 is 0 Å². The van der Waals surface area contributed by atoms with E-state index in [4.69, 9.17) is 0 Å². The summed E-state index contributed by atoms with van der Waals surface area (Å²) in [5.74, 6) is 0.652. The van der Waals surface area contributed by atoms with Crippen molar-refractivity contribution in [3.05, 3.63) is 35.4 Å². The van der Waals surface area contributed by atoms with Gasteiger partial charge in [-0.1, -0.05) is 32.4 Å². The van der Waals surface area contributed by atoms with E-state index in [1.165, 1.54) is 5.56 Å². The fourth-order valence-corrected chi connectivity index (χ4v) is 2.60. The first-order valence-electron chi connectivity index (χ1n) is 7.14. The van der Waals surface area contributed by atoms with E-state index >= 15 is 0 Å². The third-order valence-electron chi connectivity index (χ3n) is 3.98. The van der Waals surface area contributed by atoms with Crippen molar-refractivity contribution in [3.8, 4) is 0 Å². The summed E-state index contributed by atoms with van der Waals surface area (Å²) in [6.45, 7) is 4.85. The van der Waals surface area contributed by atoms with Crippen molar-refractivity contribution in [1.29, 1.82) is 0 Å². The monoisotopic (exact) mass is 261 g/mol. The molecular weight excluding hydrogens is 238 g/mol. The van der Waals surface area contributed by atoms with Crippen molar-refractivity contribution in [2.75, 3.05) is 6.54 Å². The van der Waals surface area contributed by atoms with Crippen molar-refractivity contribution in [2.45, 2.75) is 45.1 Å². The first-order valence-corrected chi connectivity index (χ1v) is 7.14. The smallest absolute Gasteiger partial charge is 0.251 e. The number of aliphatic hydroxyl groups excluding tert-OH is 1. The summed E-state index contributed by atoms with van der Waals surface area (Å²) < 4.78 is 0. The van der Waals surface area contributed by atoms with E-state index in [0.29, 0.717) is 18.0 Å². The van der Waals surface area contributed by atoms with Crippen molar-refractivity contribution in [2.24, 2.45) is 5.92 Å². The van der Waals surface area contributed by atoms with Gasteiger partial charge in [0.25, 0.3) is 5.91 Å². The lowest BCUT2D eigenvalue weighted by Crippen LogP contribution is -2.32. The molecule has 3 nitrogen and oxygen atoms in total. The molecule has 0 saturated heterocycles. The lowest BCUT2D eigenvalue weighted by molar-refractivity contribution is 0.0917. The van der Waals surface area contributed by atoms with Crippen LogP contribution >= 0.6 is 0 Å². The topological polar surface area (TPSA) is 49.3 Å². The number of hydrogen-bond acceptors (Lipinski definition) is 2. The van der Waals surface area contributed by atoms with Crippen LogP contribution in [-0.4, -0.2) is 23.7 Å². The molecule has 1 saturated carbocycles. The minimum absolute atomic E-state index is 0.0468. The normalized spacial score (nSPS) is 22.7. The summed E-state index contributed by atoms with van der Waals surface area (Å²) in [6, 6.07) is 7.75. The van der Waals surface area contributed by atoms with E-state index in [9.17, 15) is 9.90 Å². The average molecular weight is 261 g/mol. The zero-order valence-electron chi connectivity index (χ0n) is 11.7. The molecule has 0 aliphatic heterocycles. The maximum Gasteiger partial charge on any atom is 0.251 e. The second kappa shape index (κ2) is 6.20. The van der Waals surface area contributed by atoms with E-state index in [-0.39, 0.29) is 17.9 Å². The zero-order chi connectivity index (χ0) is 13.8. The van der Waals surface area contributed by atoms with E-state index in [1.807, 2.05) is 24.3 Å². The van der Waals surface area contributed by atoms with Crippen molar-refractivity contribution >= 4 is 5.91 Å². The van der Waals surface area contributed by atoms with Gasteiger partial charge in [0, 0.05) is 18.0 Å². The molecule has 1 fully saturated rings. The van der Waals surface area contributed by atoms with Crippen molar-refractivity contribution in [1.82, 2.24) is 5.32 Å². The molecule has 2 N–H and O–H groups in total. The van der Waals surface area contributed by atoms with Crippen molar-refractivity contribution in [3.63, 3.8) is 0 Å². The summed E-state index contributed by atoms with van der Waals surface area (Å²) >= 11 is 0. The molecular formula is C16H23NO2. The molecule has 0 bridgehead atoms. The molecule has 104 valence electrons. The largest absolute Gasteiger partial charge is 0.393 e. The Morgan fingerprint density at radius 2 is 2.00 bits per heavy atom. The number of amides is 1. The first kappa shape index (κ1) is 14.1. The Morgan fingerprint density at radius 3 is 2.53 bits per heavy atom. The van der Waals surface area contributed by atoms with Gasteiger partial charge in [0.2, 0.25) is 0 Å². The Balaban J connectivity index is 1.89. The van der Waals surface area contributed by atoms with Crippen LogP contribution in [0.4, 0.5) is 0 Å². The molecule has 3 heteroatoms. The number of rotatable bonds is 4. The zero-order valence-corrected chi connectivity index (χ0v) is 11.7. The maximum atomic E-state index is 12.0. The SMILES string of the molecule is CC(C)c1ccc(C(=O)NCC2CCCC2O)cc1. The predicted octanol–water partition coefficient (Wildman–Crippen LogP) is 2.70. The Kier molecular flexibility index (Phi) is 4.59. The molecule has 1 aliphatic rings. The predicted molar refractivity (Wildman–Crippen MR) is 76.2 cm³/mol. The highest BCUT2D eigenvalue weighted by molar-refractivity contribution is 5.94. The summed E-state index contributed by atoms with van der Waals surface area (Å²) in [6.07, 6.45) is 2.69. The van der Waals surface area contributed by atoms with Gasteiger partial charge in [-0.15, -0.1) is 0 Å². The van der Waals surface area contributed by atoms with Crippen LogP contribution in [-0.2, 0) is 0 Å². The van der Waals surface area contributed by atoms with Crippen LogP contribution in [0.25, 0.3) is 0 Å². The lowest BCUT2D eigenvalue weighted by atomic mass is 10.0. The summed E-state index contributed by atoms with van der Waals surface area (Å²) in [5, 5.41) is 12.6. The highest BCUT2D eigenvalue weighted by Crippen LogP contribution is 2.24. The first-order chi connectivity index (χ1) is 9.08. The average Bonchev–Trinajstić information content (AvgIpc) is 2.81. The number of aliphatic hydroxyl groups is 1. The number of carbonyl (C=O) groups excluding carboxylic acids is 1. The van der Waals surface area contributed by atoms with Gasteiger partial charge in [0.15, 0.2) is 0 Å². The molecule has 0 aromatic heterocycles. The number of nitrogens with one attached hydrogen (secondary N) is 1. The molecule has 1 amide bonds. The highest BCUT2D eigenvalue weighted by Gasteiger charge is 2.25. The van der Waals surface area contributed by atoms with Crippen LogP contribution < -0.4 is 5.32 Å². The molecule has 2 unspecified atom stereocenters. The Hall–Kier alpha value is -1.35. The minimum Gasteiger partial charge on any atom is -0.393 e. The molecule has 0 radical (unpaired) electrons. The van der Waals surface area contributed by atoms with Crippen LogP contribution in [0.2, 0.25) is 0 Å². The van der Waals surface area contributed by atoms with Gasteiger partial charge in [-0.05, 0) is 36.5 Å². The second-order valence-corrected chi connectivity index (χ2v) is 5.75. The van der Waals surface area contributed by atoms with E-state index in [0.717, 1.165) is 19.3 Å². The number of hydrogen-bond donors (Lipinski definition) is 2. The van der Waals surface area contributed by atoms with E-state index in [2.05, 4.69) is 19.2 Å². The minimum atomic E-state index is -0.247. The van der Waals surface area contributed by atoms with E-state index < -0.39 is 0 Å². The van der Waals surface area contributed by atoms with Crippen molar-refractivity contribution < 1.29 is 9.90 Å². The number of carbonyl (C=O) groups is 1. The quantitative estimate of drug-likeness (QED) is 0.875. The molecule has 1 aromatic rings. The fraction of sp³-hybridized carbons (Fsp3) is 0.562. The molecule has 1 aliphatic carbocycles. The highest BCUT2D eigenvalue weighted by atomic mass is 16.3. The molecule has 2 atom stereocenters. The van der Waals surface area contributed by atoms with Gasteiger partial charge < -0.3 is 10.4 Å². The molecule has 0 spiro atoms. The van der Waals surface area contributed by atoms with Crippen LogP contribution in [0.1, 0.15) is 54.9 Å². The molecule has 0 heterocycles. The van der Waals surface area contributed by atoms with Gasteiger partial charge in [-0.25, -0.2) is 0 Å². The molecule has 19 heavy (non-hydrogen) atoms. The second-order valence-electron chi connectivity index (χ2n) is 5.75. The third-order valence-corrected chi connectivity index (χ3v) is 3.98. The Morgan fingerprint density at radius 1 is 1.32 bits per heavy atom. The van der Waals surface area contributed by atoms with Crippen LogP contribution in [0, 0.1) is 5.92 Å². The Labute approximate surface area is 115 Å². The third kappa shape index (κ3) is 3.57. The Bertz CT molecular complexity index is 425. The van der Waals surface area contributed by atoms with Gasteiger partial charge in [0.05, 0.1) is 6.10 Å². The van der Waals surface area contributed by atoms with Gasteiger partial charge in [-0.2, -0.15) is 0 Å². The van der Waals surface area contributed by atoms with E-state index in [1.54, 1.807) is 0 Å².